The van der Waals surface area contributed by atoms with Crippen LogP contribution >= 0.6 is 0 Å². The molecule has 0 aliphatic heterocycles. The number of ether oxygens (including phenoxy) is 1. The third kappa shape index (κ3) is 2.65. The number of aromatic nitrogens is 4. The van der Waals surface area contributed by atoms with Crippen LogP contribution in [0, 0.1) is 25.2 Å². The van der Waals surface area contributed by atoms with Crippen LogP contribution < -0.4 is 10.5 Å². The van der Waals surface area contributed by atoms with E-state index in [0.717, 1.165) is 17.0 Å². The highest BCUT2D eigenvalue weighted by Crippen LogP contribution is 2.28. The zero-order valence-corrected chi connectivity index (χ0v) is 13.6. The van der Waals surface area contributed by atoms with E-state index < -0.39 is 0 Å². The Morgan fingerprint density at radius 1 is 1.21 bits per heavy atom. The molecule has 0 bridgehead atoms. The quantitative estimate of drug-likeness (QED) is 0.795. The van der Waals surface area contributed by atoms with Gasteiger partial charge in [-0.1, -0.05) is 12.1 Å². The molecule has 3 rings (SSSR count). The van der Waals surface area contributed by atoms with Crippen LogP contribution in [0.2, 0.25) is 0 Å². The third-order valence-corrected chi connectivity index (χ3v) is 3.58. The summed E-state index contributed by atoms with van der Waals surface area (Å²) in [5.41, 5.74) is 9.13. The predicted molar refractivity (Wildman–Crippen MR) is 89.7 cm³/mol. The molecule has 0 atom stereocenters. The van der Waals surface area contributed by atoms with E-state index in [4.69, 9.17) is 10.5 Å². The van der Waals surface area contributed by atoms with Crippen LogP contribution in [0.25, 0.3) is 17.2 Å². The van der Waals surface area contributed by atoms with Crippen molar-refractivity contribution in [3.8, 4) is 29.0 Å². The molecule has 1 aromatic carbocycles. The standard InChI is InChI=1S/C17H16N6O/c1-10-7-11(2)23(22-10)17-20-15(14(9-18)16(19)21-17)12-5-4-6-13(8-12)24-3/h4-8H,1-3H3,(H2,19,20,21). The van der Waals surface area contributed by atoms with Gasteiger partial charge in [-0.25, -0.2) is 9.67 Å². The highest BCUT2D eigenvalue weighted by atomic mass is 16.5. The summed E-state index contributed by atoms with van der Waals surface area (Å²) in [6.07, 6.45) is 0. The van der Waals surface area contributed by atoms with E-state index in [1.165, 1.54) is 0 Å². The number of nitriles is 1. The van der Waals surface area contributed by atoms with Gasteiger partial charge in [-0.2, -0.15) is 15.3 Å². The molecule has 0 fully saturated rings. The summed E-state index contributed by atoms with van der Waals surface area (Å²) in [5, 5.41) is 13.8. The van der Waals surface area contributed by atoms with Gasteiger partial charge in [0.25, 0.3) is 5.95 Å². The number of anilines is 1. The van der Waals surface area contributed by atoms with Crippen molar-refractivity contribution >= 4 is 5.82 Å². The zero-order chi connectivity index (χ0) is 17.3. The van der Waals surface area contributed by atoms with Gasteiger partial charge in [-0.05, 0) is 32.0 Å². The van der Waals surface area contributed by atoms with E-state index in [1.807, 2.05) is 38.1 Å². The van der Waals surface area contributed by atoms with Gasteiger partial charge in [0.2, 0.25) is 0 Å². The molecule has 0 aliphatic carbocycles. The largest absolute Gasteiger partial charge is 0.497 e. The summed E-state index contributed by atoms with van der Waals surface area (Å²) >= 11 is 0. The lowest BCUT2D eigenvalue weighted by Gasteiger charge is -2.10. The fourth-order valence-corrected chi connectivity index (χ4v) is 2.48. The van der Waals surface area contributed by atoms with Crippen LogP contribution in [-0.4, -0.2) is 26.9 Å². The van der Waals surface area contributed by atoms with Gasteiger partial charge in [-0.15, -0.1) is 0 Å². The average molecular weight is 320 g/mol. The molecule has 2 aromatic heterocycles. The molecule has 2 heterocycles. The number of hydrogen-bond donors (Lipinski definition) is 1. The summed E-state index contributed by atoms with van der Waals surface area (Å²) in [6, 6.07) is 11.3. The average Bonchev–Trinajstić information content (AvgIpc) is 2.92. The predicted octanol–water partition coefficient (Wildman–Crippen LogP) is 2.41. The second kappa shape index (κ2) is 6.01. The molecule has 0 unspecified atom stereocenters. The summed E-state index contributed by atoms with van der Waals surface area (Å²) < 4.78 is 6.85. The molecule has 0 radical (unpaired) electrons. The van der Waals surface area contributed by atoms with E-state index in [9.17, 15) is 5.26 Å². The van der Waals surface area contributed by atoms with Crippen molar-refractivity contribution in [3.63, 3.8) is 0 Å². The van der Waals surface area contributed by atoms with Gasteiger partial charge in [0, 0.05) is 11.3 Å². The Kier molecular flexibility index (Phi) is 3.88. The van der Waals surface area contributed by atoms with Gasteiger partial charge in [0.15, 0.2) is 0 Å². The molecule has 2 N–H and O–H groups in total. The van der Waals surface area contributed by atoms with Crippen molar-refractivity contribution in [2.24, 2.45) is 0 Å². The summed E-state index contributed by atoms with van der Waals surface area (Å²) in [7, 11) is 1.58. The van der Waals surface area contributed by atoms with Crippen molar-refractivity contribution in [3.05, 3.63) is 47.3 Å². The smallest absolute Gasteiger partial charge is 0.253 e. The van der Waals surface area contributed by atoms with Crippen LogP contribution in [0.1, 0.15) is 17.0 Å². The molecule has 0 saturated carbocycles. The first-order chi connectivity index (χ1) is 11.5. The van der Waals surface area contributed by atoms with Gasteiger partial charge in [-0.3, -0.25) is 0 Å². The Labute approximate surface area is 139 Å². The molecule has 3 aromatic rings. The lowest BCUT2D eigenvalue weighted by molar-refractivity contribution is 0.415. The number of nitrogens with zero attached hydrogens (tertiary/aromatic N) is 5. The summed E-state index contributed by atoms with van der Waals surface area (Å²) in [4.78, 5) is 8.76. The zero-order valence-electron chi connectivity index (χ0n) is 13.6. The number of rotatable bonds is 3. The number of aryl methyl sites for hydroxylation is 2. The van der Waals surface area contributed by atoms with Gasteiger partial charge >= 0.3 is 0 Å². The third-order valence-electron chi connectivity index (χ3n) is 3.58. The van der Waals surface area contributed by atoms with Crippen LogP contribution in [0.4, 0.5) is 5.82 Å². The molecule has 7 heteroatoms. The fourth-order valence-electron chi connectivity index (χ4n) is 2.48. The number of nitrogens with two attached hydrogens (primary N) is 1. The highest BCUT2D eigenvalue weighted by Gasteiger charge is 2.17. The minimum absolute atomic E-state index is 0.118. The van der Waals surface area contributed by atoms with Crippen LogP contribution in [0.3, 0.4) is 0 Å². The van der Waals surface area contributed by atoms with Gasteiger partial charge < -0.3 is 10.5 Å². The molecule has 0 spiro atoms. The lowest BCUT2D eigenvalue weighted by atomic mass is 10.1. The van der Waals surface area contributed by atoms with Crippen molar-refractivity contribution in [2.75, 3.05) is 12.8 Å². The van der Waals surface area contributed by atoms with Crippen molar-refractivity contribution in [1.82, 2.24) is 19.7 Å². The topological polar surface area (TPSA) is 103 Å². The maximum atomic E-state index is 9.44. The Hall–Kier alpha value is -3.40. The highest BCUT2D eigenvalue weighted by molar-refractivity contribution is 5.73. The Balaban J connectivity index is 2.24. The first kappa shape index (κ1) is 15.5. The number of nitrogen functional groups attached to an aromatic ring is 1. The van der Waals surface area contributed by atoms with Crippen molar-refractivity contribution < 1.29 is 4.74 Å². The Morgan fingerprint density at radius 3 is 2.62 bits per heavy atom. The van der Waals surface area contributed by atoms with Crippen LogP contribution in [0.15, 0.2) is 30.3 Å². The molecule has 120 valence electrons. The molecule has 0 saturated heterocycles. The van der Waals surface area contributed by atoms with Gasteiger partial charge in [0.1, 0.15) is 23.2 Å². The minimum atomic E-state index is 0.118. The summed E-state index contributed by atoms with van der Waals surface area (Å²) in [6.45, 7) is 3.79. The van der Waals surface area contributed by atoms with E-state index in [0.29, 0.717) is 17.4 Å². The Bertz CT molecular complexity index is 954. The van der Waals surface area contributed by atoms with E-state index in [2.05, 4.69) is 21.1 Å². The number of methoxy groups -OCH3 is 1. The maximum absolute atomic E-state index is 9.44. The Morgan fingerprint density at radius 2 is 2.00 bits per heavy atom. The fraction of sp³-hybridized carbons (Fsp3) is 0.176. The van der Waals surface area contributed by atoms with Gasteiger partial charge in [0.05, 0.1) is 18.5 Å². The minimum Gasteiger partial charge on any atom is -0.497 e. The normalized spacial score (nSPS) is 10.4. The first-order valence-electron chi connectivity index (χ1n) is 7.29. The molecule has 0 aliphatic rings. The second-order valence-corrected chi connectivity index (χ2v) is 5.32. The number of hydrogen-bond acceptors (Lipinski definition) is 6. The molecule has 7 nitrogen and oxygen atoms in total. The molecular weight excluding hydrogens is 304 g/mol. The molecular formula is C17H16N6O. The van der Waals surface area contributed by atoms with Crippen molar-refractivity contribution in [2.45, 2.75) is 13.8 Å². The van der Waals surface area contributed by atoms with Crippen LogP contribution in [0.5, 0.6) is 5.75 Å². The summed E-state index contributed by atoms with van der Waals surface area (Å²) in [5.74, 6) is 1.11. The van der Waals surface area contributed by atoms with Crippen molar-refractivity contribution in [1.29, 1.82) is 5.26 Å². The molecule has 0 amide bonds. The van der Waals surface area contributed by atoms with E-state index >= 15 is 0 Å². The SMILES string of the molecule is COc1cccc(-c2nc(-n3nc(C)cc3C)nc(N)c2C#N)c1. The van der Waals surface area contributed by atoms with Crippen LogP contribution in [-0.2, 0) is 0 Å². The number of benzene rings is 1. The van der Waals surface area contributed by atoms with E-state index in [-0.39, 0.29) is 11.4 Å². The lowest BCUT2D eigenvalue weighted by Crippen LogP contribution is -2.10. The van der Waals surface area contributed by atoms with E-state index in [1.54, 1.807) is 17.9 Å². The maximum Gasteiger partial charge on any atom is 0.253 e. The molecule has 24 heavy (non-hydrogen) atoms. The first-order valence-corrected chi connectivity index (χ1v) is 7.29. The second-order valence-electron chi connectivity index (χ2n) is 5.32. The monoisotopic (exact) mass is 320 g/mol.